The van der Waals surface area contributed by atoms with Crippen molar-refractivity contribution in [2.24, 2.45) is 5.92 Å². The third kappa shape index (κ3) is 4.04. The number of methoxy groups -OCH3 is 1. The summed E-state index contributed by atoms with van der Waals surface area (Å²) in [6, 6.07) is 4.81. The lowest BCUT2D eigenvalue weighted by Gasteiger charge is -2.34. The van der Waals surface area contributed by atoms with Crippen molar-refractivity contribution < 1.29 is 9.13 Å². The van der Waals surface area contributed by atoms with Crippen LogP contribution in [0.5, 0.6) is 5.75 Å². The molecule has 0 unspecified atom stereocenters. The van der Waals surface area contributed by atoms with Crippen molar-refractivity contribution in [1.82, 2.24) is 14.7 Å². The summed E-state index contributed by atoms with van der Waals surface area (Å²) in [6.45, 7) is 9.90. The van der Waals surface area contributed by atoms with Gasteiger partial charge in [-0.3, -0.25) is 4.79 Å². The van der Waals surface area contributed by atoms with E-state index in [0.29, 0.717) is 23.5 Å². The number of nitrogens with zero attached hydrogens (tertiary/aromatic N) is 4. The molecule has 0 spiro atoms. The van der Waals surface area contributed by atoms with Crippen LogP contribution in [0.15, 0.2) is 23.0 Å². The number of ether oxygens (including phenoxy) is 1. The quantitative estimate of drug-likeness (QED) is 0.788. The average molecular weight is 388 g/mol. The Kier molecular flexibility index (Phi) is 6.03. The normalized spacial score (nSPS) is 15.3. The fraction of sp³-hybridized carbons (Fsp3) is 0.524. The maximum atomic E-state index is 14.3. The number of halogens is 1. The number of hydrogen-bond acceptors (Lipinski definition) is 5. The summed E-state index contributed by atoms with van der Waals surface area (Å²) < 4.78 is 20.9. The van der Waals surface area contributed by atoms with Crippen LogP contribution in [0.1, 0.15) is 19.4 Å². The number of rotatable bonds is 5. The Labute approximate surface area is 165 Å². The molecular formula is C21H29FN4O2. The molecule has 1 aromatic carbocycles. The first-order valence-corrected chi connectivity index (χ1v) is 9.71. The highest BCUT2D eigenvalue weighted by molar-refractivity contribution is 5.70. The van der Waals surface area contributed by atoms with Gasteiger partial charge in [0, 0.05) is 43.9 Å². The van der Waals surface area contributed by atoms with Gasteiger partial charge in [-0.15, -0.1) is 0 Å². The Morgan fingerprint density at radius 1 is 1.21 bits per heavy atom. The van der Waals surface area contributed by atoms with E-state index >= 15 is 0 Å². The van der Waals surface area contributed by atoms with Crippen LogP contribution < -0.4 is 15.2 Å². The molecule has 1 aromatic heterocycles. The Morgan fingerprint density at radius 3 is 2.46 bits per heavy atom. The van der Waals surface area contributed by atoms with Gasteiger partial charge in [0.2, 0.25) is 0 Å². The van der Waals surface area contributed by atoms with E-state index in [1.807, 2.05) is 6.92 Å². The second kappa shape index (κ2) is 8.31. The van der Waals surface area contributed by atoms with Gasteiger partial charge in [-0.25, -0.2) is 9.07 Å². The first-order chi connectivity index (χ1) is 13.3. The van der Waals surface area contributed by atoms with Crippen LogP contribution in [0.4, 0.5) is 10.1 Å². The average Bonchev–Trinajstić information content (AvgIpc) is 2.65. The number of benzene rings is 1. The molecule has 0 amide bonds. The summed E-state index contributed by atoms with van der Waals surface area (Å²) in [5, 5.41) is 4.61. The first kappa shape index (κ1) is 20.3. The van der Waals surface area contributed by atoms with E-state index < -0.39 is 5.82 Å². The van der Waals surface area contributed by atoms with Crippen LogP contribution in [0.3, 0.4) is 0 Å². The van der Waals surface area contributed by atoms with Crippen LogP contribution in [0.2, 0.25) is 0 Å². The van der Waals surface area contributed by atoms with Gasteiger partial charge in [-0.2, -0.15) is 5.10 Å². The topological polar surface area (TPSA) is 50.6 Å². The number of anilines is 1. The second-order valence-corrected chi connectivity index (χ2v) is 7.84. The number of piperazine rings is 1. The molecule has 0 bridgehead atoms. The zero-order chi connectivity index (χ0) is 20.4. The van der Waals surface area contributed by atoms with E-state index in [1.165, 1.54) is 17.9 Å². The molecule has 0 N–H and O–H groups in total. The SMILES string of the molecule is COc1ccc(-c2nn(CC(C)C)c(=O)c(N3CCN(C)CC3)c2C)cc1F. The lowest BCUT2D eigenvalue weighted by atomic mass is 10.0. The molecule has 0 saturated carbocycles. The van der Waals surface area contributed by atoms with Crippen molar-refractivity contribution in [2.75, 3.05) is 45.2 Å². The van der Waals surface area contributed by atoms with Crippen molar-refractivity contribution in [1.29, 1.82) is 0 Å². The third-order valence-corrected chi connectivity index (χ3v) is 5.15. The minimum Gasteiger partial charge on any atom is -0.494 e. The van der Waals surface area contributed by atoms with Gasteiger partial charge in [-0.05, 0) is 38.1 Å². The monoisotopic (exact) mass is 388 g/mol. The van der Waals surface area contributed by atoms with E-state index in [-0.39, 0.29) is 17.2 Å². The van der Waals surface area contributed by atoms with E-state index in [1.54, 1.807) is 12.1 Å². The van der Waals surface area contributed by atoms with E-state index in [2.05, 4.69) is 35.8 Å². The van der Waals surface area contributed by atoms with Crippen molar-refractivity contribution in [3.05, 3.63) is 39.9 Å². The molecule has 1 saturated heterocycles. The Bertz CT molecular complexity index is 902. The Balaban J connectivity index is 2.15. The van der Waals surface area contributed by atoms with Crippen molar-refractivity contribution >= 4 is 5.69 Å². The Morgan fingerprint density at radius 2 is 1.89 bits per heavy atom. The molecule has 0 atom stereocenters. The van der Waals surface area contributed by atoms with Crippen LogP contribution in [0.25, 0.3) is 11.3 Å². The van der Waals surface area contributed by atoms with Crippen LogP contribution in [-0.2, 0) is 6.54 Å². The predicted octanol–water partition coefficient (Wildman–Crippen LogP) is 2.77. The summed E-state index contributed by atoms with van der Waals surface area (Å²) in [5.74, 6) is 0.0221. The van der Waals surface area contributed by atoms with E-state index in [4.69, 9.17) is 4.74 Å². The third-order valence-electron chi connectivity index (χ3n) is 5.15. The maximum Gasteiger partial charge on any atom is 0.290 e. The Hall–Kier alpha value is -2.41. The summed E-state index contributed by atoms with van der Waals surface area (Å²) in [5.41, 5.74) is 2.67. The van der Waals surface area contributed by atoms with Gasteiger partial charge in [-0.1, -0.05) is 13.8 Å². The van der Waals surface area contributed by atoms with E-state index in [9.17, 15) is 9.18 Å². The number of hydrogen-bond donors (Lipinski definition) is 0. The highest BCUT2D eigenvalue weighted by atomic mass is 19.1. The van der Waals surface area contributed by atoms with Gasteiger partial charge in [0.15, 0.2) is 11.6 Å². The van der Waals surface area contributed by atoms with Crippen molar-refractivity contribution in [3.8, 4) is 17.0 Å². The maximum absolute atomic E-state index is 14.3. The standard InChI is InChI=1S/C21H29FN4O2/c1-14(2)13-26-21(27)20(25-10-8-24(4)9-11-25)15(3)19(23-26)16-6-7-18(28-5)17(22)12-16/h6-7,12,14H,8-11,13H2,1-5H3. The molecule has 28 heavy (non-hydrogen) atoms. The summed E-state index contributed by atoms with van der Waals surface area (Å²) in [7, 11) is 3.52. The molecule has 1 fully saturated rings. The molecule has 2 heterocycles. The van der Waals surface area contributed by atoms with Gasteiger partial charge >= 0.3 is 0 Å². The first-order valence-electron chi connectivity index (χ1n) is 9.71. The second-order valence-electron chi connectivity index (χ2n) is 7.84. The minimum atomic E-state index is -0.441. The molecule has 0 radical (unpaired) electrons. The molecule has 6 nitrogen and oxygen atoms in total. The zero-order valence-electron chi connectivity index (χ0n) is 17.3. The molecule has 152 valence electrons. The molecule has 1 aliphatic rings. The molecule has 7 heteroatoms. The van der Waals surface area contributed by atoms with Crippen LogP contribution in [0, 0.1) is 18.7 Å². The van der Waals surface area contributed by atoms with E-state index in [0.717, 1.165) is 31.7 Å². The lowest BCUT2D eigenvalue weighted by Crippen LogP contribution is -2.47. The molecule has 3 rings (SSSR count). The molecule has 2 aromatic rings. The van der Waals surface area contributed by atoms with Gasteiger partial charge in [0.1, 0.15) is 5.69 Å². The van der Waals surface area contributed by atoms with Gasteiger partial charge in [0.25, 0.3) is 5.56 Å². The molecule has 0 aliphatic carbocycles. The zero-order valence-corrected chi connectivity index (χ0v) is 17.3. The van der Waals surface area contributed by atoms with Gasteiger partial charge in [0.05, 0.1) is 12.8 Å². The van der Waals surface area contributed by atoms with Gasteiger partial charge < -0.3 is 14.5 Å². The smallest absolute Gasteiger partial charge is 0.290 e. The largest absolute Gasteiger partial charge is 0.494 e. The highest BCUT2D eigenvalue weighted by Gasteiger charge is 2.24. The van der Waals surface area contributed by atoms with Crippen molar-refractivity contribution in [2.45, 2.75) is 27.3 Å². The molecular weight excluding hydrogens is 359 g/mol. The summed E-state index contributed by atoms with van der Waals surface area (Å²) >= 11 is 0. The minimum absolute atomic E-state index is 0.0755. The molecule has 1 aliphatic heterocycles. The van der Waals surface area contributed by atoms with Crippen LogP contribution in [-0.4, -0.2) is 55.0 Å². The lowest BCUT2D eigenvalue weighted by molar-refractivity contribution is 0.312. The number of likely N-dealkylation sites (N-methyl/N-ethyl adjacent to an activating group) is 1. The number of aromatic nitrogens is 2. The summed E-state index contributed by atoms with van der Waals surface area (Å²) in [6.07, 6.45) is 0. The fourth-order valence-electron chi connectivity index (χ4n) is 3.60. The fourth-order valence-corrected chi connectivity index (χ4v) is 3.60. The van der Waals surface area contributed by atoms with Crippen molar-refractivity contribution in [3.63, 3.8) is 0 Å². The van der Waals surface area contributed by atoms with Crippen LogP contribution >= 0.6 is 0 Å². The highest BCUT2D eigenvalue weighted by Crippen LogP contribution is 2.30. The summed E-state index contributed by atoms with van der Waals surface area (Å²) in [4.78, 5) is 17.6. The predicted molar refractivity (Wildman–Crippen MR) is 110 cm³/mol.